The Morgan fingerprint density at radius 1 is 1.61 bits per heavy atom. The first kappa shape index (κ1) is 14.8. The van der Waals surface area contributed by atoms with E-state index < -0.39 is 0 Å². The van der Waals surface area contributed by atoms with E-state index in [-0.39, 0.29) is 12.5 Å². The summed E-state index contributed by atoms with van der Waals surface area (Å²) < 4.78 is 1.70. The Morgan fingerprint density at radius 3 is 3.11 bits per heavy atom. The van der Waals surface area contributed by atoms with E-state index in [0.29, 0.717) is 6.54 Å². The molecule has 1 heterocycles. The molecule has 0 atom stereocenters. The van der Waals surface area contributed by atoms with Gasteiger partial charge in [-0.25, -0.2) is 0 Å². The highest BCUT2D eigenvalue weighted by Gasteiger charge is 1.97. The third-order valence-electron chi connectivity index (χ3n) is 2.26. The normalized spacial score (nSPS) is 11.0. The van der Waals surface area contributed by atoms with Crippen LogP contribution in [0.15, 0.2) is 18.3 Å². The fourth-order valence-corrected chi connectivity index (χ4v) is 2.07. The standard InChI is InChI=1S/C12H19N3O2S/c1-15-11(5-6-14-15)3-4-12(17)13-7-10-18-9-2-8-16/h3-6,16H,2,7-10H2,1H3,(H,13,17)/b4-3+. The third-order valence-corrected chi connectivity index (χ3v) is 3.33. The first-order valence-corrected chi connectivity index (χ1v) is 7.02. The van der Waals surface area contributed by atoms with Crippen LogP contribution in [-0.4, -0.2) is 45.5 Å². The number of carbonyl (C=O) groups excluding carboxylic acids is 1. The van der Waals surface area contributed by atoms with Gasteiger partial charge in [0.05, 0.1) is 5.69 Å². The Bertz CT molecular complexity index is 390. The summed E-state index contributed by atoms with van der Waals surface area (Å²) in [6.07, 6.45) is 5.74. The SMILES string of the molecule is Cn1nccc1/C=C/C(=O)NCCSCCCO. The van der Waals surface area contributed by atoms with Gasteiger partial charge >= 0.3 is 0 Å². The Balaban J connectivity index is 2.14. The molecule has 1 rings (SSSR count). The van der Waals surface area contributed by atoms with E-state index in [2.05, 4.69) is 10.4 Å². The smallest absolute Gasteiger partial charge is 0.244 e. The largest absolute Gasteiger partial charge is 0.396 e. The average molecular weight is 269 g/mol. The molecule has 0 bridgehead atoms. The fraction of sp³-hybridized carbons (Fsp3) is 0.500. The van der Waals surface area contributed by atoms with Gasteiger partial charge in [0.2, 0.25) is 5.91 Å². The van der Waals surface area contributed by atoms with Crippen molar-refractivity contribution in [1.29, 1.82) is 0 Å². The molecule has 0 aliphatic rings. The Kier molecular flexibility index (Phi) is 7.20. The van der Waals surface area contributed by atoms with Crippen molar-refractivity contribution < 1.29 is 9.90 Å². The minimum atomic E-state index is -0.0982. The second kappa shape index (κ2) is 8.77. The molecule has 1 amide bonds. The molecule has 0 radical (unpaired) electrons. The molecular weight excluding hydrogens is 250 g/mol. The molecule has 0 aliphatic carbocycles. The molecule has 0 saturated carbocycles. The number of rotatable bonds is 8. The second-order valence-electron chi connectivity index (χ2n) is 3.69. The highest BCUT2D eigenvalue weighted by Crippen LogP contribution is 2.00. The van der Waals surface area contributed by atoms with Crippen LogP contribution < -0.4 is 5.32 Å². The molecule has 5 nitrogen and oxygen atoms in total. The molecule has 0 aromatic carbocycles. The lowest BCUT2D eigenvalue weighted by molar-refractivity contribution is -0.116. The fourth-order valence-electron chi connectivity index (χ4n) is 1.28. The lowest BCUT2D eigenvalue weighted by Crippen LogP contribution is -2.23. The van der Waals surface area contributed by atoms with Crippen LogP contribution in [0.2, 0.25) is 0 Å². The maximum Gasteiger partial charge on any atom is 0.244 e. The summed E-state index contributed by atoms with van der Waals surface area (Å²) in [6.45, 7) is 0.872. The predicted molar refractivity (Wildman–Crippen MR) is 74.3 cm³/mol. The summed E-state index contributed by atoms with van der Waals surface area (Å²) in [7, 11) is 1.83. The van der Waals surface area contributed by atoms with E-state index in [4.69, 9.17) is 5.11 Å². The molecule has 1 aromatic rings. The summed E-state index contributed by atoms with van der Waals surface area (Å²) in [4.78, 5) is 11.5. The van der Waals surface area contributed by atoms with Crippen molar-refractivity contribution >= 4 is 23.7 Å². The predicted octanol–water partition coefficient (Wildman–Crippen LogP) is 0.665. The van der Waals surface area contributed by atoms with E-state index in [1.54, 1.807) is 28.7 Å². The van der Waals surface area contributed by atoms with Gasteiger partial charge in [0, 0.05) is 38.2 Å². The molecule has 2 N–H and O–H groups in total. The van der Waals surface area contributed by atoms with E-state index in [1.807, 2.05) is 13.1 Å². The molecule has 18 heavy (non-hydrogen) atoms. The molecule has 0 fully saturated rings. The molecular formula is C12H19N3O2S. The minimum Gasteiger partial charge on any atom is -0.396 e. The zero-order valence-corrected chi connectivity index (χ0v) is 11.3. The molecule has 0 spiro atoms. The van der Waals surface area contributed by atoms with Crippen LogP contribution in [-0.2, 0) is 11.8 Å². The molecule has 100 valence electrons. The van der Waals surface area contributed by atoms with Crippen molar-refractivity contribution in [3.8, 4) is 0 Å². The van der Waals surface area contributed by atoms with Gasteiger partial charge in [0.1, 0.15) is 0 Å². The van der Waals surface area contributed by atoms with Crippen molar-refractivity contribution in [1.82, 2.24) is 15.1 Å². The number of hydrogen-bond donors (Lipinski definition) is 2. The van der Waals surface area contributed by atoms with E-state index in [0.717, 1.165) is 23.6 Å². The summed E-state index contributed by atoms with van der Waals surface area (Å²) in [5.74, 6) is 1.70. The van der Waals surface area contributed by atoms with Crippen LogP contribution in [0.3, 0.4) is 0 Å². The zero-order chi connectivity index (χ0) is 13.2. The van der Waals surface area contributed by atoms with Crippen LogP contribution in [0.1, 0.15) is 12.1 Å². The number of hydrogen-bond acceptors (Lipinski definition) is 4. The van der Waals surface area contributed by atoms with Crippen LogP contribution >= 0.6 is 11.8 Å². The lowest BCUT2D eigenvalue weighted by atomic mass is 10.3. The number of nitrogens with one attached hydrogen (secondary N) is 1. The van der Waals surface area contributed by atoms with Gasteiger partial charge in [-0.1, -0.05) is 0 Å². The number of aliphatic hydroxyl groups is 1. The van der Waals surface area contributed by atoms with E-state index in [1.165, 1.54) is 6.08 Å². The molecule has 0 aliphatic heterocycles. The van der Waals surface area contributed by atoms with Crippen LogP contribution in [0, 0.1) is 0 Å². The quantitative estimate of drug-likeness (QED) is 0.537. The van der Waals surface area contributed by atoms with E-state index in [9.17, 15) is 4.79 Å². The Labute approximate surface area is 111 Å². The summed E-state index contributed by atoms with van der Waals surface area (Å²) in [5.41, 5.74) is 0.891. The summed E-state index contributed by atoms with van der Waals surface area (Å²) in [5, 5.41) is 15.4. The first-order valence-electron chi connectivity index (χ1n) is 5.86. The van der Waals surface area contributed by atoms with Crippen molar-refractivity contribution in [3.63, 3.8) is 0 Å². The van der Waals surface area contributed by atoms with Crippen molar-refractivity contribution in [2.24, 2.45) is 7.05 Å². The van der Waals surface area contributed by atoms with Gasteiger partial charge in [-0.15, -0.1) is 0 Å². The lowest BCUT2D eigenvalue weighted by Gasteiger charge is -2.01. The average Bonchev–Trinajstić information content (AvgIpc) is 2.77. The highest BCUT2D eigenvalue weighted by atomic mass is 32.2. The number of amides is 1. The van der Waals surface area contributed by atoms with Gasteiger partial charge < -0.3 is 10.4 Å². The maximum absolute atomic E-state index is 11.5. The Hall–Kier alpha value is -1.27. The van der Waals surface area contributed by atoms with Crippen LogP contribution in [0.4, 0.5) is 0 Å². The zero-order valence-electron chi connectivity index (χ0n) is 10.5. The number of thioether (sulfide) groups is 1. The first-order chi connectivity index (χ1) is 8.74. The van der Waals surface area contributed by atoms with Gasteiger partial charge in [0.25, 0.3) is 0 Å². The molecule has 0 unspecified atom stereocenters. The highest BCUT2D eigenvalue weighted by molar-refractivity contribution is 7.99. The monoisotopic (exact) mass is 269 g/mol. The summed E-state index contributed by atoms with van der Waals surface area (Å²) in [6, 6.07) is 1.84. The van der Waals surface area contributed by atoms with Crippen molar-refractivity contribution in [2.45, 2.75) is 6.42 Å². The molecule has 0 saturated heterocycles. The maximum atomic E-state index is 11.5. The second-order valence-corrected chi connectivity index (χ2v) is 4.92. The van der Waals surface area contributed by atoms with Gasteiger partial charge in [-0.2, -0.15) is 16.9 Å². The van der Waals surface area contributed by atoms with Gasteiger partial charge in [0.15, 0.2) is 0 Å². The van der Waals surface area contributed by atoms with Crippen LogP contribution in [0.5, 0.6) is 0 Å². The number of aromatic nitrogens is 2. The van der Waals surface area contributed by atoms with Crippen molar-refractivity contribution in [2.75, 3.05) is 24.7 Å². The number of carbonyl (C=O) groups is 1. The topological polar surface area (TPSA) is 67.2 Å². The number of aryl methyl sites for hydroxylation is 1. The number of nitrogens with zero attached hydrogens (tertiary/aromatic N) is 2. The van der Waals surface area contributed by atoms with Gasteiger partial charge in [-0.05, 0) is 24.3 Å². The van der Waals surface area contributed by atoms with Gasteiger partial charge in [-0.3, -0.25) is 9.48 Å². The van der Waals surface area contributed by atoms with E-state index >= 15 is 0 Å². The molecule has 6 heteroatoms. The Morgan fingerprint density at radius 2 is 2.44 bits per heavy atom. The minimum absolute atomic E-state index is 0.0982. The van der Waals surface area contributed by atoms with Crippen LogP contribution in [0.25, 0.3) is 6.08 Å². The van der Waals surface area contributed by atoms with Crippen molar-refractivity contribution in [3.05, 3.63) is 24.0 Å². The third kappa shape index (κ3) is 5.88. The summed E-state index contributed by atoms with van der Waals surface area (Å²) >= 11 is 1.73. The molecule has 1 aromatic heterocycles. The number of aliphatic hydroxyl groups excluding tert-OH is 1.